The minimum atomic E-state index is -0.0588. The van der Waals surface area contributed by atoms with Crippen LogP contribution in [0.25, 0.3) is 0 Å². The Morgan fingerprint density at radius 3 is 2.69 bits per heavy atom. The van der Waals surface area contributed by atoms with E-state index in [2.05, 4.69) is 21.2 Å². The lowest BCUT2D eigenvalue weighted by Gasteiger charge is -2.06. The lowest BCUT2D eigenvalue weighted by molar-refractivity contribution is 0.0952. The first-order chi connectivity index (χ1) is 7.75. The minimum Gasteiger partial charge on any atom is -0.396 e. The fourth-order valence-electron chi connectivity index (χ4n) is 1.36. The molecule has 1 aromatic carbocycles. The smallest absolute Gasteiger partial charge is 0.252 e. The Labute approximate surface area is 104 Å². The minimum absolute atomic E-state index is 0.0588. The third-order valence-electron chi connectivity index (χ3n) is 2.24. The molecule has 0 heterocycles. The summed E-state index contributed by atoms with van der Waals surface area (Å²) >= 11 is 3.34. The number of benzene rings is 1. The highest BCUT2D eigenvalue weighted by Crippen LogP contribution is 2.15. The van der Waals surface area contributed by atoms with Crippen LogP contribution in [0.3, 0.4) is 0 Å². The highest BCUT2D eigenvalue weighted by Gasteiger charge is 2.07. The quantitative estimate of drug-likeness (QED) is 0.789. The van der Waals surface area contributed by atoms with Crippen molar-refractivity contribution in [2.45, 2.75) is 19.3 Å². The maximum absolute atomic E-state index is 11.7. The van der Waals surface area contributed by atoms with Gasteiger partial charge in [-0.1, -0.05) is 12.1 Å². The summed E-state index contributed by atoms with van der Waals surface area (Å²) in [4.78, 5) is 11.7. The summed E-state index contributed by atoms with van der Waals surface area (Å²) in [7, 11) is 0. The second-order valence-corrected chi connectivity index (χ2v) is 4.37. The van der Waals surface area contributed by atoms with Gasteiger partial charge in [0.1, 0.15) is 0 Å². The van der Waals surface area contributed by atoms with Gasteiger partial charge in [0.25, 0.3) is 5.91 Å². The first kappa shape index (κ1) is 13.2. The van der Waals surface area contributed by atoms with Crippen LogP contribution in [0.2, 0.25) is 0 Å². The van der Waals surface area contributed by atoms with Gasteiger partial charge >= 0.3 is 0 Å². The first-order valence-corrected chi connectivity index (χ1v) is 6.18. The summed E-state index contributed by atoms with van der Waals surface area (Å²) in [6, 6.07) is 7.35. The van der Waals surface area contributed by atoms with Crippen LogP contribution in [-0.2, 0) is 0 Å². The van der Waals surface area contributed by atoms with Crippen molar-refractivity contribution >= 4 is 21.8 Å². The molecule has 1 rings (SSSR count). The van der Waals surface area contributed by atoms with E-state index in [1.807, 2.05) is 18.2 Å². The maximum Gasteiger partial charge on any atom is 0.252 e. The van der Waals surface area contributed by atoms with Crippen LogP contribution < -0.4 is 5.32 Å². The van der Waals surface area contributed by atoms with Crippen LogP contribution in [-0.4, -0.2) is 24.2 Å². The maximum atomic E-state index is 11.7. The van der Waals surface area contributed by atoms with Crippen LogP contribution >= 0.6 is 15.9 Å². The van der Waals surface area contributed by atoms with E-state index >= 15 is 0 Å². The Morgan fingerprint density at radius 2 is 2.00 bits per heavy atom. The summed E-state index contributed by atoms with van der Waals surface area (Å²) in [5, 5.41) is 11.4. The second-order valence-electron chi connectivity index (χ2n) is 3.52. The molecule has 1 aromatic rings. The predicted molar refractivity (Wildman–Crippen MR) is 67.4 cm³/mol. The Kier molecular flexibility index (Phi) is 6.11. The number of carbonyl (C=O) groups excluding carboxylic acids is 1. The summed E-state index contributed by atoms with van der Waals surface area (Å²) in [6.45, 7) is 0.873. The van der Waals surface area contributed by atoms with Crippen molar-refractivity contribution in [3.8, 4) is 0 Å². The van der Waals surface area contributed by atoms with Crippen LogP contribution in [0.4, 0.5) is 0 Å². The topological polar surface area (TPSA) is 49.3 Å². The van der Waals surface area contributed by atoms with Crippen LogP contribution in [0, 0.1) is 0 Å². The second kappa shape index (κ2) is 7.41. The molecule has 16 heavy (non-hydrogen) atoms. The van der Waals surface area contributed by atoms with Crippen LogP contribution in [0.1, 0.15) is 29.6 Å². The summed E-state index contributed by atoms with van der Waals surface area (Å²) in [6.07, 6.45) is 2.63. The molecule has 0 bridgehead atoms. The first-order valence-electron chi connectivity index (χ1n) is 5.39. The monoisotopic (exact) mass is 285 g/mol. The number of hydrogen-bond donors (Lipinski definition) is 2. The molecule has 0 radical (unpaired) electrons. The molecule has 0 atom stereocenters. The van der Waals surface area contributed by atoms with Gasteiger partial charge in [0.15, 0.2) is 0 Å². The molecule has 0 spiro atoms. The molecule has 0 aliphatic heterocycles. The lowest BCUT2D eigenvalue weighted by atomic mass is 10.2. The van der Waals surface area contributed by atoms with Gasteiger partial charge < -0.3 is 10.4 Å². The average molecular weight is 286 g/mol. The van der Waals surface area contributed by atoms with E-state index in [1.54, 1.807) is 6.07 Å². The third kappa shape index (κ3) is 4.33. The van der Waals surface area contributed by atoms with Crippen molar-refractivity contribution in [3.63, 3.8) is 0 Å². The van der Waals surface area contributed by atoms with E-state index in [4.69, 9.17) is 5.11 Å². The molecule has 3 nitrogen and oxygen atoms in total. The van der Waals surface area contributed by atoms with Gasteiger partial charge in [0, 0.05) is 17.6 Å². The molecule has 2 N–H and O–H groups in total. The molecule has 4 heteroatoms. The Hall–Kier alpha value is -0.870. The van der Waals surface area contributed by atoms with Crippen LogP contribution in [0.5, 0.6) is 0 Å². The Balaban J connectivity index is 2.33. The molecule has 1 amide bonds. The number of amides is 1. The van der Waals surface area contributed by atoms with Crippen molar-refractivity contribution in [1.82, 2.24) is 5.32 Å². The summed E-state index contributed by atoms with van der Waals surface area (Å²) in [5.74, 6) is -0.0588. The van der Waals surface area contributed by atoms with E-state index in [0.29, 0.717) is 12.1 Å². The number of rotatable bonds is 6. The van der Waals surface area contributed by atoms with E-state index in [-0.39, 0.29) is 12.5 Å². The Bertz CT molecular complexity index is 342. The van der Waals surface area contributed by atoms with Crippen molar-refractivity contribution in [3.05, 3.63) is 34.3 Å². The molecule has 88 valence electrons. The largest absolute Gasteiger partial charge is 0.396 e. The SMILES string of the molecule is O=C(NCCCCCO)c1ccccc1Br. The molecule has 0 saturated carbocycles. The van der Waals surface area contributed by atoms with Gasteiger partial charge in [-0.2, -0.15) is 0 Å². The Morgan fingerprint density at radius 1 is 1.25 bits per heavy atom. The van der Waals surface area contributed by atoms with Gasteiger partial charge in [-0.25, -0.2) is 0 Å². The number of aliphatic hydroxyl groups excluding tert-OH is 1. The number of carbonyl (C=O) groups is 1. The standard InChI is InChI=1S/C12H16BrNO2/c13-11-7-3-2-6-10(11)12(16)14-8-4-1-5-9-15/h2-3,6-7,15H,1,4-5,8-9H2,(H,14,16). The van der Waals surface area contributed by atoms with Crippen molar-refractivity contribution in [2.24, 2.45) is 0 Å². The van der Waals surface area contributed by atoms with Gasteiger partial charge in [-0.05, 0) is 47.3 Å². The fraction of sp³-hybridized carbons (Fsp3) is 0.417. The summed E-state index contributed by atoms with van der Waals surface area (Å²) in [5.41, 5.74) is 0.657. The lowest BCUT2D eigenvalue weighted by Crippen LogP contribution is -2.24. The molecule has 0 unspecified atom stereocenters. The fourth-order valence-corrected chi connectivity index (χ4v) is 1.82. The average Bonchev–Trinajstić information content (AvgIpc) is 2.29. The van der Waals surface area contributed by atoms with Gasteiger partial charge in [0.05, 0.1) is 5.56 Å². The third-order valence-corrected chi connectivity index (χ3v) is 2.93. The predicted octanol–water partition coefficient (Wildman–Crippen LogP) is 2.34. The molecule has 0 aromatic heterocycles. The normalized spacial score (nSPS) is 10.1. The van der Waals surface area contributed by atoms with Gasteiger partial charge in [-0.3, -0.25) is 4.79 Å². The zero-order valence-electron chi connectivity index (χ0n) is 9.08. The van der Waals surface area contributed by atoms with Crippen molar-refractivity contribution in [1.29, 1.82) is 0 Å². The van der Waals surface area contributed by atoms with E-state index in [0.717, 1.165) is 23.7 Å². The number of unbranched alkanes of at least 4 members (excludes halogenated alkanes) is 2. The molecular formula is C12H16BrNO2. The van der Waals surface area contributed by atoms with E-state index in [1.165, 1.54) is 0 Å². The molecular weight excluding hydrogens is 270 g/mol. The number of halogens is 1. The molecule has 0 aliphatic carbocycles. The highest BCUT2D eigenvalue weighted by atomic mass is 79.9. The number of hydrogen-bond acceptors (Lipinski definition) is 2. The van der Waals surface area contributed by atoms with E-state index in [9.17, 15) is 4.79 Å². The molecule has 0 fully saturated rings. The zero-order chi connectivity index (χ0) is 11.8. The molecule has 0 aliphatic rings. The van der Waals surface area contributed by atoms with Crippen molar-refractivity contribution < 1.29 is 9.90 Å². The zero-order valence-corrected chi connectivity index (χ0v) is 10.7. The number of nitrogens with one attached hydrogen (secondary N) is 1. The highest BCUT2D eigenvalue weighted by molar-refractivity contribution is 9.10. The molecule has 0 saturated heterocycles. The van der Waals surface area contributed by atoms with Gasteiger partial charge in [0.2, 0.25) is 0 Å². The number of aliphatic hydroxyl groups is 1. The van der Waals surface area contributed by atoms with E-state index < -0.39 is 0 Å². The van der Waals surface area contributed by atoms with Crippen LogP contribution in [0.15, 0.2) is 28.7 Å². The van der Waals surface area contributed by atoms with Gasteiger partial charge in [-0.15, -0.1) is 0 Å². The van der Waals surface area contributed by atoms with Crippen molar-refractivity contribution in [2.75, 3.05) is 13.2 Å². The summed E-state index contributed by atoms with van der Waals surface area (Å²) < 4.78 is 0.808.